The molecule has 0 saturated carbocycles. The Morgan fingerprint density at radius 3 is 2.24 bits per heavy atom. The van der Waals surface area contributed by atoms with Gasteiger partial charge >= 0.3 is 0 Å². The minimum absolute atomic E-state index is 0.0894. The highest BCUT2D eigenvalue weighted by Gasteiger charge is 2.24. The normalized spacial score (nSPS) is 10.6. The van der Waals surface area contributed by atoms with Crippen LogP contribution in [0.15, 0.2) is 30.3 Å². The van der Waals surface area contributed by atoms with Crippen LogP contribution in [0.1, 0.15) is 46.0 Å². The third-order valence-corrected chi connectivity index (χ3v) is 3.74. The van der Waals surface area contributed by atoms with Crippen molar-refractivity contribution in [1.29, 1.82) is 0 Å². The van der Waals surface area contributed by atoms with Crippen molar-refractivity contribution in [1.82, 2.24) is 0 Å². The highest BCUT2D eigenvalue weighted by molar-refractivity contribution is 7.80. The number of para-hydroxylation sites is 1. The van der Waals surface area contributed by atoms with Crippen LogP contribution < -0.4 is 10.6 Å². The van der Waals surface area contributed by atoms with E-state index in [1.807, 2.05) is 35.2 Å². The summed E-state index contributed by atoms with van der Waals surface area (Å²) in [6.07, 6.45) is 4.47. The summed E-state index contributed by atoms with van der Waals surface area (Å²) in [5.41, 5.74) is 6.53. The van der Waals surface area contributed by atoms with E-state index >= 15 is 0 Å². The number of nitrogens with two attached hydrogens (primary N) is 1. The predicted octanol–water partition coefficient (Wildman–Crippen LogP) is 3.91. The molecule has 0 unspecified atom stereocenters. The molecule has 1 rings (SSSR count). The van der Waals surface area contributed by atoms with Crippen molar-refractivity contribution < 1.29 is 4.79 Å². The second kappa shape index (κ2) is 9.50. The molecule has 0 aliphatic rings. The van der Waals surface area contributed by atoms with Crippen LogP contribution in [0.3, 0.4) is 0 Å². The summed E-state index contributed by atoms with van der Waals surface area (Å²) in [5.74, 6) is 0.285. The monoisotopic (exact) mass is 306 g/mol. The maximum atomic E-state index is 12.9. The summed E-state index contributed by atoms with van der Waals surface area (Å²) >= 11 is 4.96. The van der Waals surface area contributed by atoms with E-state index in [9.17, 15) is 4.79 Å². The maximum Gasteiger partial charge on any atom is 0.230 e. The van der Waals surface area contributed by atoms with Crippen LogP contribution in [0, 0.1) is 5.92 Å². The molecule has 0 saturated heterocycles. The van der Waals surface area contributed by atoms with Crippen LogP contribution in [-0.4, -0.2) is 17.4 Å². The lowest BCUT2D eigenvalue weighted by Crippen LogP contribution is -2.38. The Kier molecular flexibility index (Phi) is 7.98. The van der Waals surface area contributed by atoms with Crippen LogP contribution in [0.25, 0.3) is 0 Å². The van der Waals surface area contributed by atoms with Crippen molar-refractivity contribution >= 4 is 28.8 Å². The largest absolute Gasteiger partial charge is 0.393 e. The maximum absolute atomic E-state index is 12.9. The van der Waals surface area contributed by atoms with Gasteiger partial charge in [0.25, 0.3) is 0 Å². The van der Waals surface area contributed by atoms with Crippen LogP contribution in [-0.2, 0) is 4.79 Å². The Balaban J connectivity index is 2.93. The van der Waals surface area contributed by atoms with Gasteiger partial charge in [-0.1, -0.05) is 57.1 Å². The zero-order chi connectivity index (χ0) is 15.7. The van der Waals surface area contributed by atoms with Gasteiger partial charge in [-0.25, -0.2) is 0 Å². The molecule has 0 spiro atoms. The van der Waals surface area contributed by atoms with Gasteiger partial charge in [0.2, 0.25) is 5.91 Å². The fourth-order valence-electron chi connectivity index (χ4n) is 2.51. The first-order valence-electron chi connectivity index (χ1n) is 7.74. The number of nitrogens with zero attached hydrogens (tertiary/aromatic N) is 1. The third kappa shape index (κ3) is 5.84. The van der Waals surface area contributed by atoms with Crippen molar-refractivity contribution in [2.24, 2.45) is 11.7 Å². The smallest absolute Gasteiger partial charge is 0.230 e. The quantitative estimate of drug-likeness (QED) is 0.704. The minimum atomic E-state index is 0.0894. The second-order valence-corrected chi connectivity index (χ2v) is 5.84. The van der Waals surface area contributed by atoms with Gasteiger partial charge in [-0.3, -0.25) is 4.79 Å². The van der Waals surface area contributed by atoms with Crippen molar-refractivity contribution in [3.05, 3.63) is 30.3 Å². The molecule has 1 amide bonds. The number of thiocarbonyl (C=S) groups is 1. The Morgan fingerprint density at radius 1 is 1.19 bits per heavy atom. The van der Waals surface area contributed by atoms with Crippen molar-refractivity contribution in [3.8, 4) is 0 Å². The zero-order valence-corrected chi connectivity index (χ0v) is 13.9. The van der Waals surface area contributed by atoms with E-state index < -0.39 is 0 Å². The van der Waals surface area contributed by atoms with E-state index in [1.54, 1.807) is 0 Å². The summed E-state index contributed by atoms with van der Waals surface area (Å²) in [6.45, 7) is 4.80. The number of carbonyl (C=O) groups is 1. The summed E-state index contributed by atoms with van der Waals surface area (Å²) in [6, 6.07) is 9.78. The first-order valence-corrected chi connectivity index (χ1v) is 8.15. The Labute approximate surface area is 133 Å². The molecule has 116 valence electrons. The molecular weight excluding hydrogens is 280 g/mol. The molecule has 4 heteroatoms. The van der Waals surface area contributed by atoms with Crippen molar-refractivity contribution in [3.63, 3.8) is 0 Å². The van der Waals surface area contributed by atoms with Crippen molar-refractivity contribution in [2.45, 2.75) is 46.0 Å². The molecule has 0 fully saturated rings. The highest BCUT2D eigenvalue weighted by Crippen LogP contribution is 2.22. The molecule has 3 nitrogen and oxygen atoms in total. The van der Waals surface area contributed by atoms with Crippen LogP contribution in [0.2, 0.25) is 0 Å². The molecule has 0 aromatic heterocycles. The number of carbonyl (C=O) groups excluding carboxylic acids is 1. The fraction of sp³-hybridized carbons (Fsp3) is 0.529. The average Bonchev–Trinajstić information content (AvgIpc) is 2.48. The number of rotatable bonds is 9. The van der Waals surface area contributed by atoms with Gasteiger partial charge in [0, 0.05) is 24.6 Å². The Bertz CT molecular complexity index is 441. The predicted molar refractivity (Wildman–Crippen MR) is 93.5 cm³/mol. The lowest BCUT2D eigenvalue weighted by Gasteiger charge is -2.27. The number of amides is 1. The molecule has 0 aliphatic carbocycles. The lowest BCUT2D eigenvalue weighted by molar-refractivity contribution is -0.122. The first kappa shape index (κ1) is 17.6. The van der Waals surface area contributed by atoms with E-state index in [1.165, 1.54) is 0 Å². The number of anilines is 1. The van der Waals surface area contributed by atoms with Gasteiger partial charge in [-0.05, 0) is 25.0 Å². The molecule has 0 atom stereocenters. The van der Waals surface area contributed by atoms with Gasteiger partial charge in [-0.15, -0.1) is 0 Å². The molecule has 1 aromatic rings. The molecule has 0 heterocycles. The van der Waals surface area contributed by atoms with E-state index in [4.69, 9.17) is 18.0 Å². The minimum Gasteiger partial charge on any atom is -0.393 e. The summed E-state index contributed by atoms with van der Waals surface area (Å²) < 4.78 is 0. The van der Waals surface area contributed by atoms with E-state index in [2.05, 4.69) is 13.8 Å². The molecule has 1 aromatic carbocycles. The molecule has 0 aliphatic heterocycles. The van der Waals surface area contributed by atoms with Gasteiger partial charge in [0.05, 0.1) is 4.99 Å². The molecular formula is C17H26N2OS. The number of hydrogen-bond acceptors (Lipinski definition) is 2. The topological polar surface area (TPSA) is 46.3 Å². The number of benzene rings is 1. The van der Waals surface area contributed by atoms with Gasteiger partial charge in [0.1, 0.15) is 0 Å². The van der Waals surface area contributed by atoms with E-state index in [0.717, 1.165) is 31.4 Å². The Morgan fingerprint density at radius 2 is 1.76 bits per heavy atom. The molecule has 0 radical (unpaired) electrons. The Hall–Kier alpha value is -1.42. The summed E-state index contributed by atoms with van der Waals surface area (Å²) in [7, 11) is 0. The van der Waals surface area contributed by atoms with Crippen LogP contribution in [0.5, 0.6) is 0 Å². The highest BCUT2D eigenvalue weighted by atomic mass is 32.1. The van der Waals surface area contributed by atoms with Gasteiger partial charge < -0.3 is 10.6 Å². The van der Waals surface area contributed by atoms with Gasteiger partial charge in [0.15, 0.2) is 0 Å². The van der Waals surface area contributed by atoms with Crippen LogP contribution in [0.4, 0.5) is 5.69 Å². The fourth-order valence-corrected chi connectivity index (χ4v) is 2.60. The first-order chi connectivity index (χ1) is 10.1. The van der Waals surface area contributed by atoms with Crippen molar-refractivity contribution in [2.75, 3.05) is 11.4 Å². The molecule has 0 bridgehead atoms. The number of hydrogen-bond donors (Lipinski definition) is 1. The molecule has 2 N–H and O–H groups in total. The zero-order valence-electron chi connectivity index (χ0n) is 13.0. The lowest BCUT2D eigenvalue weighted by atomic mass is 9.96. The second-order valence-electron chi connectivity index (χ2n) is 5.32. The van der Waals surface area contributed by atoms with Gasteiger partial charge in [-0.2, -0.15) is 0 Å². The average molecular weight is 306 g/mol. The summed E-state index contributed by atoms with van der Waals surface area (Å²) in [5, 5.41) is 0. The van der Waals surface area contributed by atoms with Crippen LogP contribution >= 0.6 is 12.2 Å². The molecule has 21 heavy (non-hydrogen) atoms. The van der Waals surface area contributed by atoms with E-state index in [-0.39, 0.29) is 11.8 Å². The van der Waals surface area contributed by atoms with E-state index in [0.29, 0.717) is 18.0 Å². The third-order valence-electron chi connectivity index (χ3n) is 3.54. The summed E-state index contributed by atoms with van der Waals surface area (Å²) in [4.78, 5) is 15.2. The SMILES string of the molecule is CCCC(CCC)C(=O)N(CCC(N)=S)c1ccccc1. The standard InChI is InChI=1S/C17H26N2OS/c1-3-8-14(9-4-2)17(20)19(13-12-16(18)21)15-10-6-5-7-11-15/h5-7,10-11,14H,3-4,8-9,12-13H2,1-2H3,(H2,18,21).